The molecule has 7 heteroatoms. The molecule has 0 radical (unpaired) electrons. The second-order valence-electron chi connectivity index (χ2n) is 3.67. The molecule has 0 saturated carbocycles. The fraction of sp³-hybridized carbons (Fsp3) is 0.417. The van der Waals surface area contributed by atoms with Crippen molar-refractivity contribution >= 4 is 23.6 Å². The van der Waals surface area contributed by atoms with Crippen molar-refractivity contribution in [1.29, 1.82) is 0 Å². The van der Waals surface area contributed by atoms with Crippen molar-refractivity contribution in [2.45, 2.75) is 11.3 Å². The molecule has 1 aromatic heterocycles. The number of hydrogen-bond donors (Lipinski definition) is 2. The minimum absolute atomic E-state index is 0.0227. The molecule has 0 unspecified atom stereocenters. The van der Waals surface area contributed by atoms with E-state index in [1.54, 1.807) is 13.2 Å². The Morgan fingerprint density at radius 2 is 2.32 bits per heavy atom. The molecule has 1 amide bonds. The summed E-state index contributed by atoms with van der Waals surface area (Å²) in [6.45, 7) is 1.18. The van der Waals surface area contributed by atoms with E-state index in [0.717, 1.165) is 6.42 Å². The van der Waals surface area contributed by atoms with Crippen LogP contribution in [0, 0.1) is 0 Å². The zero-order valence-electron chi connectivity index (χ0n) is 10.6. The van der Waals surface area contributed by atoms with Crippen LogP contribution in [0.4, 0.5) is 0 Å². The molecule has 2 N–H and O–H groups in total. The summed E-state index contributed by atoms with van der Waals surface area (Å²) in [4.78, 5) is 26.6. The van der Waals surface area contributed by atoms with Gasteiger partial charge in [-0.05, 0) is 18.6 Å². The Morgan fingerprint density at radius 3 is 3.00 bits per heavy atom. The van der Waals surface area contributed by atoms with Gasteiger partial charge in [0.1, 0.15) is 5.69 Å². The van der Waals surface area contributed by atoms with Gasteiger partial charge in [-0.2, -0.15) is 0 Å². The number of amides is 1. The van der Waals surface area contributed by atoms with Gasteiger partial charge in [0.25, 0.3) is 0 Å². The summed E-state index contributed by atoms with van der Waals surface area (Å²) in [5.74, 6) is -0.919. The zero-order chi connectivity index (χ0) is 14.1. The van der Waals surface area contributed by atoms with E-state index in [2.05, 4.69) is 10.3 Å². The van der Waals surface area contributed by atoms with Gasteiger partial charge in [-0.3, -0.25) is 4.79 Å². The van der Waals surface area contributed by atoms with Crippen molar-refractivity contribution in [2.24, 2.45) is 0 Å². The molecule has 6 nitrogen and oxygen atoms in total. The number of carboxylic acid groups (broad SMARTS) is 1. The van der Waals surface area contributed by atoms with Crippen LogP contribution in [-0.2, 0) is 9.53 Å². The third-order valence-corrected chi connectivity index (χ3v) is 3.16. The molecular formula is C12H16N2O4S. The normalized spacial score (nSPS) is 10.2. The third kappa shape index (κ3) is 6.21. The van der Waals surface area contributed by atoms with Crippen molar-refractivity contribution in [3.63, 3.8) is 0 Å². The van der Waals surface area contributed by atoms with Crippen molar-refractivity contribution in [2.75, 3.05) is 26.0 Å². The van der Waals surface area contributed by atoms with Gasteiger partial charge in [0, 0.05) is 31.4 Å². The monoisotopic (exact) mass is 284 g/mol. The zero-order valence-corrected chi connectivity index (χ0v) is 11.4. The number of aromatic carboxylic acids is 1. The van der Waals surface area contributed by atoms with Crippen molar-refractivity contribution in [3.8, 4) is 0 Å². The number of rotatable bonds is 8. The van der Waals surface area contributed by atoms with Crippen LogP contribution in [0.3, 0.4) is 0 Å². The first-order valence-electron chi connectivity index (χ1n) is 5.71. The summed E-state index contributed by atoms with van der Waals surface area (Å²) in [6, 6.07) is 3.13. The summed E-state index contributed by atoms with van der Waals surface area (Å²) in [7, 11) is 1.61. The fourth-order valence-corrected chi connectivity index (χ4v) is 2.01. The summed E-state index contributed by atoms with van der Waals surface area (Å²) in [5.41, 5.74) is -0.0227. The first kappa shape index (κ1) is 15.5. The maximum absolute atomic E-state index is 11.5. The van der Waals surface area contributed by atoms with E-state index < -0.39 is 5.97 Å². The molecular weight excluding hydrogens is 268 g/mol. The molecule has 0 fully saturated rings. The maximum Gasteiger partial charge on any atom is 0.354 e. The maximum atomic E-state index is 11.5. The predicted molar refractivity (Wildman–Crippen MR) is 71.4 cm³/mol. The lowest BCUT2D eigenvalue weighted by Crippen LogP contribution is -2.26. The molecule has 0 aliphatic carbocycles. The number of pyridine rings is 1. The molecule has 0 spiro atoms. The number of carbonyl (C=O) groups excluding carboxylic acids is 1. The summed E-state index contributed by atoms with van der Waals surface area (Å²) >= 11 is 1.28. The van der Waals surface area contributed by atoms with Crippen LogP contribution in [0.2, 0.25) is 0 Å². The van der Waals surface area contributed by atoms with Crippen LogP contribution >= 0.6 is 11.8 Å². The Bertz CT molecular complexity index is 439. The number of ether oxygens (including phenoxy) is 1. The third-order valence-electron chi connectivity index (χ3n) is 2.17. The average Bonchev–Trinajstić information content (AvgIpc) is 2.41. The van der Waals surface area contributed by atoms with E-state index in [9.17, 15) is 9.59 Å². The van der Waals surface area contributed by atoms with Gasteiger partial charge >= 0.3 is 5.97 Å². The molecule has 0 aliphatic rings. The van der Waals surface area contributed by atoms with Crippen LogP contribution in [0.25, 0.3) is 0 Å². The van der Waals surface area contributed by atoms with Crippen molar-refractivity contribution in [1.82, 2.24) is 10.3 Å². The standard InChI is InChI=1S/C12H16N2O4S/c1-18-6-2-4-14-11(15)8-19-9-3-5-13-10(7-9)12(16)17/h3,5,7H,2,4,6,8H2,1H3,(H,14,15)(H,16,17). The number of nitrogens with zero attached hydrogens (tertiary/aromatic N) is 1. The molecule has 1 aromatic rings. The number of thioether (sulfide) groups is 1. The highest BCUT2D eigenvalue weighted by Crippen LogP contribution is 2.17. The van der Waals surface area contributed by atoms with Gasteiger partial charge in [0.05, 0.1) is 5.75 Å². The molecule has 0 bridgehead atoms. The number of hydrogen-bond acceptors (Lipinski definition) is 5. The van der Waals surface area contributed by atoms with Gasteiger partial charge in [0.2, 0.25) is 5.91 Å². The highest BCUT2D eigenvalue weighted by atomic mass is 32.2. The molecule has 1 heterocycles. The summed E-state index contributed by atoms with van der Waals surface area (Å²) in [5, 5.41) is 11.5. The van der Waals surface area contributed by atoms with E-state index in [1.807, 2.05) is 0 Å². The van der Waals surface area contributed by atoms with Crippen LogP contribution < -0.4 is 5.32 Å². The van der Waals surface area contributed by atoms with Crippen LogP contribution in [-0.4, -0.2) is 48.0 Å². The Labute approximate surface area is 115 Å². The highest BCUT2D eigenvalue weighted by molar-refractivity contribution is 8.00. The van der Waals surface area contributed by atoms with Crippen molar-refractivity contribution < 1.29 is 19.4 Å². The Kier molecular flexibility index (Phi) is 6.91. The van der Waals surface area contributed by atoms with Crippen LogP contribution in [0.1, 0.15) is 16.9 Å². The first-order chi connectivity index (χ1) is 9.13. The van der Waals surface area contributed by atoms with E-state index in [-0.39, 0.29) is 17.4 Å². The molecule has 104 valence electrons. The van der Waals surface area contributed by atoms with E-state index in [1.165, 1.54) is 24.0 Å². The van der Waals surface area contributed by atoms with Gasteiger partial charge in [-0.15, -0.1) is 11.8 Å². The van der Waals surface area contributed by atoms with Crippen LogP contribution in [0.15, 0.2) is 23.2 Å². The number of methoxy groups -OCH3 is 1. The Hall–Kier alpha value is -1.60. The van der Waals surface area contributed by atoms with E-state index in [0.29, 0.717) is 18.0 Å². The average molecular weight is 284 g/mol. The van der Waals surface area contributed by atoms with Crippen molar-refractivity contribution in [3.05, 3.63) is 24.0 Å². The van der Waals surface area contributed by atoms with Gasteiger partial charge in [-0.1, -0.05) is 0 Å². The largest absolute Gasteiger partial charge is 0.477 e. The Morgan fingerprint density at radius 1 is 1.53 bits per heavy atom. The molecule has 1 rings (SSSR count). The van der Waals surface area contributed by atoms with Crippen LogP contribution in [0.5, 0.6) is 0 Å². The van der Waals surface area contributed by atoms with Gasteiger partial charge in [-0.25, -0.2) is 9.78 Å². The second-order valence-corrected chi connectivity index (χ2v) is 4.72. The lowest BCUT2D eigenvalue weighted by atomic mass is 10.3. The van der Waals surface area contributed by atoms with E-state index >= 15 is 0 Å². The highest BCUT2D eigenvalue weighted by Gasteiger charge is 2.07. The topological polar surface area (TPSA) is 88.5 Å². The minimum atomic E-state index is -1.08. The molecule has 0 aliphatic heterocycles. The lowest BCUT2D eigenvalue weighted by Gasteiger charge is -2.05. The number of aromatic nitrogens is 1. The molecule has 19 heavy (non-hydrogen) atoms. The summed E-state index contributed by atoms with van der Waals surface area (Å²) < 4.78 is 4.87. The smallest absolute Gasteiger partial charge is 0.354 e. The summed E-state index contributed by atoms with van der Waals surface area (Å²) in [6.07, 6.45) is 2.19. The first-order valence-corrected chi connectivity index (χ1v) is 6.70. The predicted octanol–water partition coefficient (Wildman–Crippen LogP) is 1.02. The second kappa shape index (κ2) is 8.49. The molecule has 0 aromatic carbocycles. The molecule has 0 saturated heterocycles. The van der Waals surface area contributed by atoms with E-state index in [4.69, 9.17) is 9.84 Å². The number of nitrogens with one attached hydrogen (secondary N) is 1. The van der Waals surface area contributed by atoms with Gasteiger partial charge < -0.3 is 15.2 Å². The fourth-order valence-electron chi connectivity index (χ4n) is 1.26. The SMILES string of the molecule is COCCCNC(=O)CSc1ccnc(C(=O)O)c1. The minimum Gasteiger partial charge on any atom is -0.477 e. The van der Waals surface area contributed by atoms with Gasteiger partial charge in [0.15, 0.2) is 0 Å². The lowest BCUT2D eigenvalue weighted by molar-refractivity contribution is -0.118. The number of carbonyl (C=O) groups is 2. The Balaban J connectivity index is 2.33. The molecule has 0 atom stereocenters. The number of carboxylic acids is 1. The quantitative estimate of drug-likeness (QED) is 0.547.